The summed E-state index contributed by atoms with van der Waals surface area (Å²) in [7, 11) is 0. The van der Waals surface area contributed by atoms with Crippen molar-refractivity contribution in [3.8, 4) is 0 Å². The monoisotopic (exact) mass is 403 g/mol. The van der Waals surface area contributed by atoms with E-state index < -0.39 is 0 Å². The molecule has 0 aromatic heterocycles. The molecule has 0 spiro atoms. The SMILES string of the molecule is Cc1cccc(N(c2cccc(C)c2)c2cccc3c2C(=O)c2ccccc2C3=O)c1. The van der Waals surface area contributed by atoms with Crippen LogP contribution in [0, 0.1) is 13.8 Å². The molecule has 0 atom stereocenters. The Balaban J connectivity index is 1.79. The number of carbonyl (C=O) groups is 2. The summed E-state index contributed by atoms with van der Waals surface area (Å²) in [5, 5.41) is 0. The minimum Gasteiger partial charge on any atom is -0.310 e. The van der Waals surface area contributed by atoms with Crippen LogP contribution in [0.25, 0.3) is 0 Å². The second-order valence-electron chi connectivity index (χ2n) is 7.92. The molecule has 0 saturated heterocycles. The summed E-state index contributed by atoms with van der Waals surface area (Å²) in [6.45, 7) is 4.09. The molecule has 0 fully saturated rings. The Hall–Kier alpha value is -3.98. The van der Waals surface area contributed by atoms with Gasteiger partial charge in [-0.2, -0.15) is 0 Å². The lowest BCUT2D eigenvalue weighted by molar-refractivity contribution is 0.0979. The van der Waals surface area contributed by atoms with E-state index in [0.717, 1.165) is 22.5 Å². The quantitative estimate of drug-likeness (QED) is 0.343. The highest BCUT2D eigenvalue weighted by molar-refractivity contribution is 6.30. The lowest BCUT2D eigenvalue weighted by Gasteiger charge is -2.30. The summed E-state index contributed by atoms with van der Waals surface area (Å²) in [6.07, 6.45) is 0. The Kier molecular flexibility index (Phi) is 4.52. The molecule has 0 unspecified atom stereocenters. The van der Waals surface area contributed by atoms with E-state index in [9.17, 15) is 9.59 Å². The summed E-state index contributed by atoms with van der Waals surface area (Å²) < 4.78 is 0. The highest BCUT2D eigenvalue weighted by Crippen LogP contribution is 2.41. The topological polar surface area (TPSA) is 37.4 Å². The lowest BCUT2D eigenvalue weighted by atomic mass is 9.83. The van der Waals surface area contributed by atoms with Crippen LogP contribution in [0.15, 0.2) is 91.0 Å². The number of rotatable bonds is 3. The van der Waals surface area contributed by atoms with Crippen LogP contribution in [0.4, 0.5) is 17.1 Å². The molecule has 1 aliphatic carbocycles. The minimum absolute atomic E-state index is 0.111. The summed E-state index contributed by atoms with van der Waals surface area (Å²) in [5.74, 6) is -0.230. The summed E-state index contributed by atoms with van der Waals surface area (Å²) in [6, 6.07) is 28.9. The molecule has 0 N–H and O–H groups in total. The van der Waals surface area contributed by atoms with Crippen molar-refractivity contribution >= 4 is 28.6 Å². The Bertz CT molecular complexity index is 1310. The maximum Gasteiger partial charge on any atom is 0.196 e. The predicted octanol–water partition coefficient (Wildman–Crippen LogP) is 6.55. The van der Waals surface area contributed by atoms with Crippen LogP contribution in [-0.2, 0) is 0 Å². The maximum absolute atomic E-state index is 13.6. The number of aryl methyl sites for hydroxylation is 2. The highest BCUT2D eigenvalue weighted by atomic mass is 16.1. The average molecular weight is 403 g/mol. The molecule has 31 heavy (non-hydrogen) atoms. The zero-order chi connectivity index (χ0) is 21.5. The van der Waals surface area contributed by atoms with Crippen LogP contribution in [0.3, 0.4) is 0 Å². The minimum atomic E-state index is -0.119. The van der Waals surface area contributed by atoms with Crippen molar-refractivity contribution in [2.24, 2.45) is 0 Å². The smallest absolute Gasteiger partial charge is 0.196 e. The van der Waals surface area contributed by atoms with E-state index in [0.29, 0.717) is 27.9 Å². The normalized spacial score (nSPS) is 12.3. The van der Waals surface area contributed by atoms with Crippen molar-refractivity contribution < 1.29 is 9.59 Å². The lowest BCUT2D eigenvalue weighted by Crippen LogP contribution is -2.24. The zero-order valence-electron chi connectivity index (χ0n) is 17.4. The van der Waals surface area contributed by atoms with Crippen molar-refractivity contribution in [3.05, 3.63) is 124 Å². The van der Waals surface area contributed by atoms with Gasteiger partial charge in [0.25, 0.3) is 0 Å². The van der Waals surface area contributed by atoms with Crippen molar-refractivity contribution in [3.63, 3.8) is 0 Å². The van der Waals surface area contributed by atoms with Crippen molar-refractivity contribution in [2.75, 3.05) is 4.90 Å². The van der Waals surface area contributed by atoms with Crippen LogP contribution >= 0.6 is 0 Å². The van der Waals surface area contributed by atoms with Gasteiger partial charge in [-0.25, -0.2) is 0 Å². The fourth-order valence-electron chi connectivity index (χ4n) is 4.27. The standard InChI is InChI=1S/C28H21NO2/c1-18-8-5-10-20(16-18)29(21-11-6-9-19(2)17-21)25-15-7-14-24-26(25)28(31)23-13-4-3-12-22(23)27(24)30/h3-17H,1-2H3. The van der Waals surface area contributed by atoms with Crippen LogP contribution in [0.1, 0.15) is 43.0 Å². The fraction of sp³-hybridized carbons (Fsp3) is 0.0714. The fourth-order valence-corrected chi connectivity index (χ4v) is 4.27. The number of benzene rings is 4. The molecule has 0 heterocycles. The first kappa shape index (κ1) is 19.0. The first-order valence-corrected chi connectivity index (χ1v) is 10.3. The van der Waals surface area contributed by atoms with Gasteiger partial charge in [-0.15, -0.1) is 0 Å². The van der Waals surface area contributed by atoms with E-state index in [4.69, 9.17) is 0 Å². The van der Waals surface area contributed by atoms with Gasteiger partial charge in [0.05, 0.1) is 11.3 Å². The number of hydrogen-bond donors (Lipinski definition) is 0. The van der Waals surface area contributed by atoms with E-state index in [1.54, 1.807) is 30.3 Å². The van der Waals surface area contributed by atoms with Crippen molar-refractivity contribution in [2.45, 2.75) is 13.8 Å². The van der Waals surface area contributed by atoms with E-state index in [2.05, 4.69) is 17.0 Å². The van der Waals surface area contributed by atoms with E-state index in [-0.39, 0.29) is 11.6 Å². The molecule has 1 aliphatic rings. The number of fused-ring (bicyclic) bond motifs is 2. The van der Waals surface area contributed by atoms with Gasteiger partial charge >= 0.3 is 0 Å². The second-order valence-corrected chi connectivity index (χ2v) is 7.92. The molecular formula is C28H21NO2. The molecule has 0 aliphatic heterocycles. The number of anilines is 3. The molecule has 0 amide bonds. The molecule has 3 nitrogen and oxygen atoms in total. The van der Waals surface area contributed by atoms with Gasteiger partial charge in [0.2, 0.25) is 0 Å². The Morgan fingerprint density at radius 2 is 1.06 bits per heavy atom. The van der Waals surface area contributed by atoms with E-state index >= 15 is 0 Å². The second kappa shape index (κ2) is 7.37. The zero-order valence-corrected chi connectivity index (χ0v) is 17.4. The number of carbonyl (C=O) groups excluding carboxylic acids is 2. The number of ketones is 2. The molecule has 0 saturated carbocycles. The van der Waals surface area contributed by atoms with Crippen LogP contribution < -0.4 is 4.90 Å². The molecule has 150 valence electrons. The van der Waals surface area contributed by atoms with Gasteiger partial charge in [0.15, 0.2) is 11.6 Å². The van der Waals surface area contributed by atoms with Crippen molar-refractivity contribution in [1.82, 2.24) is 0 Å². The largest absolute Gasteiger partial charge is 0.310 e. The first-order chi connectivity index (χ1) is 15.0. The van der Waals surface area contributed by atoms with Gasteiger partial charge in [-0.1, -0.05) is 60.7 Å². The van der Waals surface area contributed by atoms with Crippen LogP contribution in [-0.4, -0.2) is 11.6 Å². The van der Waals surface area contributed by atoms with Gasteiger partial charge < -0.3 is 4.90 Å². The third-order valence-electron chi connectivity index (χ3n) is 5.69. The summed E-state index contributed by atoms with van der Waals surface area (Å²) in [4.78, 5) is 28.9. The molecule has 3 heteroatoms. The van der Waals surface area contributed by atoms with Crippen LogP contribution in [0.5, 0.6) is 0 Å². The summed E-state index contributed by atoms with van der Waals surface area (Å²) >= 11 is 0. The first-order valence-electron chi connectivity index (χ1n) is 10.3. The van der Waals surface area contributed by atoms with Gasteiger partial charge in [-0.05, 0) is 55.3 Å². The third-order valence-corrected chi connectivity index (χ3v) is 5.69. The Morgan fingerprint density at radius 3 is 1.65 bits per heavy atom. The molecule has 5 rings (SSSR count). The molecule has 4 aromatic carbocycles. The Morgan fingerprint density at radius 1 is 0.548 bits per heavy atom. The molecular weight excluding hydrogens is 382 g/mol. The average Bonchev–Trinajstić information content (AvgIpc) is 2.78. The van der Waals surface area contributed by atoms with Crippen LogP contribution in [0.2, 0.25) is 0 Å². The van der Waals surface area contributed by atoms with E-state index in [1.807, 2.05) is 62.4 Å². The predicted molar refractivity (Wildman–Crippen MR) is 124 cm³/mol. The van der Waals surface area contributed by atoms with Crippen molar-refractivity contribution in [1.29, 1.82) is 0 Å². The highest BCUT2D eigenvalue weighted by Gasteiger charge is 2.33. The Labute approximate surface area is 181 Å². The maximum atomic E-state index is 13.6. The molecule has 0 bridgehead atoms. The number of hydrogen-bond acceptors (Lipinski definition) is 3. The van der Waals surface area contributed by atoms with Gasteiger partial charge in [-0.3, -0.25) is 9.59 Å². The molecule has 4 aromatic rings. The summed E-state index contributed by atoms with van der Waals surface area (Å²) in [5.41, 5.74) is 6.66. The molecule has 0 radical (unpaired) electrons. The number of nitrogens with zero attached hydrogens (tertiary/aromatic N) is 1. The third kappa shape index (κ3) is 3.15. The van der Waals surface area contributed by atoms with Gasteiger partial charge in [0.1, 0.15) is 0 Å². The van der Waals surface area contributed by atoms with Gasteiger partial charge in [0, 0.05) is 28.1 Å². The van der Waals surface area contributed by atoms with E-state index in [1.165, 1.54) is 0 Å².